The van der Waals surface area contributed by atoms with Crippen LogP contribution in [0.2, 0.25) is 0 Å². The summed E-state index contributed by atoms with van der Waals surface area (Å²) in [5, 5.41) is 10.5. The van der Waals surface area contributed by atoms with Gasteiger partial charge in [0.2, 0.25) is 0 Å². The van der Waals surface area contributed by atoms with E-state index in [1.54, 1.807) is 30.3 Å². The second kappa shape index (κ2) is 4.65. The van der Waals surface area contributed by atoms with Crippen molar-refractivity contribution in [1.29, 1.82) is 0 Å². The maximum Gasteiger partial charge on any atom is 0.335 e. The predicted octanol–water partition coefficient (Wildman–Crippen LogP) is 2.26. The first-order valence-electron chi connectivity index (χ1n) is 4.90. The van der Waals surface area contributed by atoms with Crippen LogP contribution in [-0.2, 0) is 16.8 Å². The van der Waals surface area contributed by atoms with Gasteiger partial charge in [-0.05, 0) is 28.5 Å². The van der Waals surface area contributed by atoms with Crippen LogP contribution in [0.25, 0.3) is 10.8 Å². The predicted molar refractivity (Wildman–Crippen MR) is 65.4 cm³/mol. The lowest BCUT2D eigenvalue weighted by Gasteiger charge is -2.03. The van der Waals surface area contributed by atoms with E-state index in [1.807, 2.05) is 0 Å². The molecule has 0 fully saturated rings. The van der Waals surface area contributed by atoms with Crippen LogP contribution in [0.4, 0.5) is 0 Å². The molecular weight excluding hydrogens is 240 g/mol. The van der Waals surface area contributed by atoms with Crippen molar-refractivity contribution in [3.63, 3.8) is 0 Å². The highest BCUT2D eigenvalue weighted by Crippen LogP contribution is 2.18. The van der Waals surface area contributed by atoms with Crippen LogP contribution in [-0.4, -0.2) is 19.8 Å². The van der Waals surface area contributed by atoms with Gasteiger partial charge in [-0.3, -0.25) is 0 Å². The van der Waals surface area contributed by atoms with E-state index in [4.69, 9.17) is 9.66 Å². The molecule has 2 rings (SSSR count). The maximum absolute atomic E-state index is 10.8. The highest BCUT2D eigenvalue weighted by molar-refractivity contribution is 7.78. The van der Waals surface area contributed by atoms with E-state index in [2.05, 4.69) is 0 Å². The van der Waals surface area contributed by atoms with E-state index >= 15 is 0 Å². The number of carboxylic acid groups (broad SMARTS) is 1. The number of benzene rings is 2. The molecule has 17 heavy (non-hydrogen) atoms. The Morgan fingerprint density at radius 2 is 1.76 bits per heavy atom. The molecule has 4 nitrogen and oxygen atoms in total. The highest BCUT2D eigenvalue weighted by Gasteiger charge is 2.04. The van der Waals surface area contributed by atoms with Crippen LogP contribution in [0.1, 0.15) is 15.9 Å². The number of hydrogen-bond acceptors (Lipinski definition) is 2. The minimum Gasteiger partial charge on any atom is -0.478 e. The fraction of sp³-hybridized carbons (Fsp3) is 0.0833. The monoisotopic (exact) mass is 250 g/mol. The Morgan fingerprint density at radius 3 is 2.41 bits per heavy atom. The van der Waals surface area contributed by atoms with Crippen molar-refractivity contribution in [2.45, 2.75) is 5.75 Å². The smallest absolute Gasteiger partial charge is 0.335 e. The maximum atomic E-state index is 10.8. The van der Waals surface area contributed by atoms with Gasteiger partial charge >= 0.3 is 5.97 Å². The van der Waals surface area contributed by atoms with Gasteiger partial charge in [-0.15, -0.1) is 0 Å². The number of fused-ring (bicyclic) bond motifs is 1. The van der Waals surface area contributed by atoms with Crippen molar-refractivity contribution in [3.05, 3.63) is 47.5 Å². The fourth-order valence-electron chi connectivity index (χ4n) is 1.66. The molecule has 0 aliphatic heterocycles. The summed E-state index contributed by atoms with van der Waals surface area (Å²) in [5.74, 6) is -0.885. The average Bonchev–Trinajstić information content (AvgIpc) is 2.27. The molecule has 5 heteroatoms. The quantitative estimate of drug-likeness (QED) is 0.819. The van der Waals surface area contributed by atoms with Crippen LogP contribution >= 0.6 is 0 Å². The van der Waals surface area contributed by atoms with Crippen LogP contribution in [0.15, 0.2) is 36.4 Å². The molecular formula is C12H10O4S. The molecule has 1 unspecified atom stereocenters. The topological polar surface area (TPSA) is 74.6 Å². The van der Waals surface area contributed by atoms with E-state index in [0.29, 0.717) is 0 Å². The second-order valence-electron chi connectivity index (χ2n) is 3.67. The zero-order valence-corrected chi connectivity index (χ0v) is 9.61. The summed E-state index contributed by atoms with van der Waals surface area (Å²) in [6.45, 7) is 0. The Bertz CT molecular complexity index is 606. The lowest BCUT2D eigenvalue weighted by molar-refractivity contribution is 0.0697. The molecule has 0 amide bonds. The molecule has 0 aliphatic rings. The zero-order chi connectivity index (χ0) is 12.4. The number of carboxylic acids is 1. The third-order valence-corrected chi connectivity index (χ3v) is 3.02. The Hall–Kier alpha value is -1.72. The molecule has 88 valence electrons. The Kier molecular flexibility index (Phi) is 3.21. The SMILES string of the molecule is O=C(O)c1ccc2cc(CS(=O)O)ccc2c1. The van der Waals surface area contributed by atoms with E-state index in [0.717, 1.165) is 16.3 Å². The molecule has 0 radical (unpaired) electrons. The molecule has 1 atom stereocenters. The van der Waals surface area contributed by atoms with Gasteiger partial charge in [0.15, 0.2) is 11.1 Å². The van der Waals surface area contributed by atoms with Gasteiger partial charge in [-0.1, -0.05) is 24.3 Å². The summed E-state index contributed by atoms with van der Waals surface area (Å²) in [6.07, 6.45) is 0. The van der Waals surface area contributed by atoms with Gasteiger partial charge in [0.05, 0.1) is 11.3 Å². The molecule has 2 aromatic rings. The molecule has 0 spiro atoms. The Balaban J connectivity index is 2.46. The normalized spacial score (nSPS) is 12.5. The van der Waals surface area contributed by atoms with Crippen LogP contribution < -0.4 is 0 Å². The summed E-state index contributed by atoms with van der Waals surface area (Å²) in [4.78, 5) is 10.8. The van der Waals surface area contributed by atoms with Gasteiger partial charge in [-0.2, -0.15) is 0 Å². The third-order valence-electron chi connectivity index (χ3n) is 2.44. The molecule has 0 saturated heterocycles. The first-order valence-corrected chi connectivity index (χ1v) is 6.17. The standard InChI is InChI=1S/C12H10O4S/c13-12(14)11-4-3-9-5-8(7-17(15)16)1-2-10(9)6-11/h1-6H,7H2,(H,13,14)(H,15,16). The summed E-state index contributed by atoms with van der Waals surface area (Å²) in [5.41, 5.74) is 0.984. The number of aromatic carboxylic acids is 1. The zero-order valence-electron chi connectivity index (χ0n) is 8.79. The largest absolute Gasteiger partial charge is 0.478 e. The van der Waals surface area contributed by atoms with Gasteiger partial charge in [0.25, 0.3) is 0 Å². The van der Waals surface area contributed by atoms with Crippen molar-refractivity contribution in [1.82, 2.24) is 0 Å². The molecule has 2 aromatic carbocycles. The summed E-state index contributed by atoms with van der Waals surface area (Å²) < 4.78 is 19.5. The first kappa shape index (κ1) is 11.8. The van der Waals surface area contributed by atoms with Gasteiger partial charge < -0.3 is 9.66 Å². The fourth-order valence-corrected chi connectivity index (χ4v) is 2.13. The number of rotatable bonds is 3. The van der Waals surface area contributed by atoms with E-state index < -0.39 is 17.0 Å². The third kappa shape index (κ3) is 2.69. The van der Waals surface area contributed by atoms with Crippen LogP contribution in [0, 0.1) is 0 Å². The van der Waals surface area contributed by atoms with Gasteiger partial charge in [-0.25, -0.2) is 9.00 Å². The first-order chi connectivity index (χ1) is 8.06. The second-order valence-corrected chi connectivity index (χ2v) is 4.60. The van der Waals surface area contributed by atoms with Crippen molar-refractivity contribution in [2.75, 3.05) is 0 Å². The van der Waals surface area contributed by atoms with Crippen molar-refractivity contribution < 1.29 is 18.7 Å². The molecule has 0 saturated carbocycles. The van der Waals surface area contributed by atoms with Crippen molar-refractivity contribution in [3.8, 4) is 0 Å². The Labute approximate surface area is 100 Å². The molecule has 0 bridgehead atoms. The molecule has 0 aromatic heterocycles. The number of carbonyl (C=O) groups is 1. The van der Waals surface area contributed by atoms with Crippen LogP contribution in [0.5, 0.6) is 0 Å². The average molecular weight is 250 g/mol. The van der Waals surface area contributed by atoms with Crippen LogP contribution in [0.3, 0.4) is 0 Å². The summed E-state index contributed by atoms with van der Waals surface area (Å²) >= 11 is -1.87. The van der Waals surface area contributed by atoms with Crippen molar-refractivity contribution >= 4 is 27.8 Å². The van der Waals surface area contributed by atoms with E-state index in [9.17, 15) is 9.00 Å². The lowest BCUT2D eigenvalue weighted by Crippen LogP contribution is -1.96. The minimum absolute atomic E-state index is 0.0800. The minimum atomic E-state index is -1.87. The highest BCUT2D eigenvalue weighted by atomic mass is 32.2. The molecule has 0 heterocycles. The van der Waals surface area contributed by atoms with Gasteiger partial charge in [0.1, 0.15) is 0 Å². The summed E-state index contributed by atoms with van der Waals surface area (Å²) in [7, 11) is 0. The molecule has 2 N–H and O–H groups in total. The summed E-state index contributed by atoms with van der Waals surface area (Å²) in [6, 6.07) is 10.1. The van der Waals surface area contributed by atoms with Gasteiger partial charge in [0, 0.05) is 0 Å². The molecule has 0 aliphatic carbocycles. The van der Waals surface area contributed by atoms with E-state index in [-0.39, 0.29) is 11.3 Å². The van der Waals surface area contributed by atoms with E-state index in [1.165, 1.54) is 6.07 Å². The van der Waals surface area contributed by atoms with Crippen molar-refractivity contribution in [2.24, 2.45) is 0 Å². The number of hydrogen-bond donors (Lipinski definition) is 2. The lowest BCUT2D eigenvalue weighted by atomic mass is 10.0. The Morgan fingerprint density at radius 1 is 1.12 bits per heavy atom.